The van der Waals surface area contributed by atoms with Gasteiger partial charge in [0.1, 0.15) is 10.8 Å². The summed E-state index contributed by atoms with van der Waals surface area (Å²) in [5.74, 6) is -0.702. The number of hydrogen-bond donors (Lipinski definition) is 0. The Bertz CT molecular complexity index is 256. The van der Waals surface area contributed by atoms with E-state index in [0.717, 1.165) is 25.7 Å². The van der Waals surface area contributed by atoms with Gasteiger partial charge in [-0.2, -0.15) is 0 Å². The molecule has 0 saturated heterocycles. The van der Waals surface area contributed by atoms with Gasteiger partial charge in [-0.3, -0.25) is 9.59 Å². The summed E-state index contributed by atoms with van der Waals surface area (Å²) in [6.45, 7) is 4.46. The van der Waals surface area contributed by atoms with Gasteiger partial charge in [0, 0.05) is 0 Å². The number of halogens is 2. The van der Waals surface area contributed by atoms with Crippen LogP contribution in [0.5, 0.6) is 0 Å². The van der Waals surface area contributed by atoms with Gasteiger partial charge in [-0.25, -0.2) is 0 Å². The smallest absolute Gasteiger partial charge is 0.324 e. The first-order valence-corrected chi connectivity index (χ1v) is 8.01. The van der Waals surface area contributed by atoms with Crippen molar-refractivity contribution in [2.45, 2.75) is 63.1 Å². The highest BCUT2D eigenvalue weighted by Crippen LogP contribution is 2.07. The number of carbonyl (C=O) groups is 2. The zero-order valence-electron chi connectivity index (χ0n) is 12.2. The van der Waals surface area contributed by atoms with Crippen LogP contribution in [0.2, 0.25) is 0 Å². The largest absolute Gasteiger partial charge is 0.465 e. The molecule has 2 atom stereocenters. The zero-order chi connectivity index (χ0) is 15.4. The van der Waals surface area contributed by atoms with Crippen LogP contribution in [0.25, 0.3) is 0 Å². The zero-order valence-corrected chi connectivity index (χ0v) is 13.7. The number of esters is 2. The molecule has 0 aliphatic heterocycles. The fraction of sp³-hybridized carbons (Fsp3) is 0.857. The molecule has 0 radical (unpaired) electrons. The Morgan fingerprint density at radius 2 is 1.15 bits per heavy atom. The first-order chi connectivity index (χ1) is 9.52. The summed E-state index contributed by atoms with van der Waals surface area (Å²) in [6.07, 6.45) is 4.57. The lowest BCUT2D eigenvalue weighted by molar-refractivity contribution is -0.144. The van der Waals surface area contributed by atoms with E-state index in [2.05, 4.69) is 0 Å². The van der Waals surface area contributed by atoms with Gasteiger partial charge in [-0.15, -0.1) is 23.2 Å². The maximum absolute atomic E-state index is 11.3. The Labute approximate surface area is 131 Å². The molecule has 0 aromatic rings. The Morgan fingerprint density at radius 1 is 0.800 bits per heavy atom. The second kappa shape index (κ2) is 12.3. The fourth-order valence-corrected chi connectivity index (χ4v) is 1.54. The highest BCUT2D eigenvalue weighted by atomic mass is 35.5. The van der Waals surface area contributed by atoms with Crippen molar-refractivity contribution < 1.29 is 19.1 Å². The van der Waals surface area contributed by atoms with Gasteiger partial charge in [0.2, 0.25) is 0 Å². The Morgan fingerprint density at radius 3 is 1.45 bits per heavy atom. The molecule has 4 nitrogen and oxygen atoms in total. The van der Waals surface area contributed by atoms with E-state index in [0.29, 0.717) is 26.1 Å². The van der Waals surface area contributed by atoms with Crippen molar-refractivity contribution in [1.82, 2.24) is 0 Å². The van der Waals surface area contributed by atoms with Crippen LogP contribution in [0, 0.1) is 0 Å². The van der Waals surface area contributed by atoms with E-state index in [1.807, 2.05) is 13.8 Å². The lowest BCUT2D eigenvalue weighted by Crippen LogP contribution is -2.18. The number of rotatable bonds is 11. The third-order valence-electron chi connectivity index (χ3n) is 2.76. The summed E-state index contributed by atoms with van der Waals surface area (Å²) in [7, 11) is 0. The van der Waals surface area contributed by atoms with Crippen molar-refractivity contribution in [2.24, 2.45) is 0 Å². The molecule has 0 aromatic heterocycles. The molecule has 118 valence electrons. The molecule has 0 spiro atoms. The third kappa shape index (κ3) is 9.43. The van der Waals surface area contributed by atoms with E-state index in [4.69, 9.17) is 32.7 Å². The lowest BCUT2D eigenvalue weighted by Gasteiger charge is -2.08. The minimum absolute atomic E-state index is 0.351. The SMILES string of the molecule is CCC(Cl)C(=O)OCCCCCCOC(=O)C(Cl)CC. The highest BCUT2D eigenvalue weighted by molar-refractivity contribution is 6.30. The molecular formula is C14H24Cl2O4. The molecule has 2 unspecified atom stereocenters. The molecule has 0 aliphatic carbocycles. The summed E-state index contributed by atoms with van der Waals surface area (Å²) in [4.78, 5) is 22.5. The maximum Gasteiger partial charge on any atom is 0.324 e. The summed E-state index contributed by atoms with van der Waals surface area (Å²) < 4.78 is 10.0. The van der Waals surface area contributed by atoms with Crippen molar-refractivity contribution in [3.63, 3.8) is 0 Å². The minimum atomic E-state index is -0.545. The van der Waals surface area contributed by atoms with Crippen LogP contribution in [-0.4, -0.2) is 35.9 Å². The highest BCUT2D eigenvalue weighted by Gasteiger charge is 2.14. The molecule has 20 heavy (non-hydrogen) atoms. The number of carbonyl (C=O) groups excluding carboxylic acids is 2. The van der Waals surface area contributed by atoms with Gasteiger partial charge in [-0.1, -0.05) is 13.8 Å². The maximum atomic E-state index is 11.3. The van der Waals surface area contributed by atoms with Crippen LogP contribution < -0.4 is 0 Å². The molecule has 0 heterocycles. The van der Waals surface area contributed by atoms with Crippen molar-refractivity contribution in [1.29, 1.82) is 0 Å². The predicted molar refractivity (Wildman–Crippen MR) is 80.3 cm³/mol. The van der Waals surface area contributed by atoms with Crippen molar-refractivity contribution in [2.75, 3.05) is 13.2 Å². The molecule has 0 amide bonds. The standard InChI is InChI=1S/C14H24Cl2O4/c1-3-11(15)13(17)19-9-7-5-6-8-10-20-14(18)12(16)4-2/h11-12H,3-10H2,1-2H3. The average Bonchev–Trinajstić information content (AvgIpc) is 2.47. The topological polar surface area (TPSA) is 52.6 Å². The first-order valence-electron chi connectivity index (χ1n) is 7.14. The third-order valence-corrected chi connectivity index (χ3v) is 3.73. The van der Waals surface area contributed by atoms with Crippen molar-refractivity contribution >= 4 is 35.1 Å². The van der Waals surface area contributed by atoms with Crippen molar-refractivity contribution in [3.8, 4) is 0 Å². The molecule has 6 heteroatoms. The molecular weight excluding hydrogens is 303 g/mol. The second-order valence-corrected chi connectivity index (χ2v) is 5.55. The van der Waals surface area contributed by atoms with Crippen LogP contribution in [-0.2, 0) is 19.1 Å². The fourth-order valence-electron chi connectivity index (χ4n) is 1.42. The molecule has 0 saturated carbocycles. The van der Waals surface area contributed by atoms with Gasteiger partial charge in [0.05, 0.1) is 13.2 Å². The van der Waals surface area contributed by atoms with Crippen LogP contribution in [0.4, 0.5) is 0 Å². The normalized spacial score (nSPS) is 13.6. The van der Waals surface area contributed by atoms with Crippen LogP contribution in [0.15, 0.2) is 0 Å². The quantitative estimate of drug-likeness (QED) is 0.330. The molecule has 0 bridgehead atoms. The average molecular weight is 327 g/mol. The summed E-state index contributed by atoms with van der Waals surface area (Å²) >= 11 is 11.5. The lowest BCUT2D eigenvalue weighted by atomic mass is 10.2. The van der Waals surface area contributed by atoms with Gasteiger partial charge in [-0.05, 0) is 38.5 Å². The van der Waals surface area contributed by atoms with Crippen LogP contribution >= 0.6 is 23.2 Å². The summed E-state index contributed by atoms with van der Waals surface area (Å²) in [5, 5.41) is -1.09. The van der Waals surface area contributed by atoms with E-state index in [1.54, 1.807) is 0 Å². The van der Waals surface area contributed by atoms with Gasteiger partial charge in [0.15, 0.2) is 0 Å². The van der Waals surface area contributed by atoms with E-state index in [9.17, 15) is 9.59 Å². The Balaban J connectivity index is 3.37. The number of hydrogen-bond acceptors (Lipinski definition) is 4. The van der Waals surface area contributed by atoms with Crippen LogP contribution in [0.3, 0.4) is 0 Å². The molecule has 0 N–H and O–H groups in total. The van der Waals surface area contributed by atoms with Gasteiger partial charge >= 0.3 is 11.9 Å². The molecule has 0 aromatic carbocycles. The monoisotopic (exact) mass is 326 g/mol. The summed E-state index contributed by atoms with van der Waals surface area (Å²) in [5.41, 5.74) is 0. The molecule has 0 rings (SSSR count). The number of unbranched alkanes of at least 4 members (excludes halogenated alkanes) is 3. The molecule has 0 fully saturated rings. The predicted octanol–water partition coefficient (Wildman–Crippen LogP) is 3.67. The van der Waals surface area contributed by atoms with Crippen LogP contribution in [0.1, 0.15) is 52.4 Å². The van der Waals surface area contributed by atoms with E-state index in [-0.39, 0.29) is 11.9 Å². The van der Waals surface area contributed by atoms with Crippen molar-refractivity contribution in [3.05, 3.63) is 0 Å². The summed E-state index contributed by atoms with van der Waals surface area (Å²) in [6, 6.07) is 0. The molecule has 0 aliphatic rings. The Kier molecular flexibility index (Phi) is 12.0. The van der Waals surface area contributed by atoms with E-state index in [1.165, 1.54) is 0 Å². The number of alkyl halides is 2. The Hall–Kier alpha value is -0.480. The van der Waals surface area contributed by atoms with E-state index < -0.39 is 10.8 Å². The van der Waals surface area contributed by atoms with Gasteiger partial charge in [0.25, 0.3) is 0 Å². The van der Waals surface area contributed by atoms with E-state index >= 15 is 0 Å². The first kappa shape index (κ1) is 19.5. The second-order valence-electron chi connectivity index (χ2n) is 4.50. The van der Waals surface area contributed by atoms with Gasteiger partial charge < -0.3 is 9.47 Å². The number of ether oxygens (including phenoxy) is 2. The minimum Gasteiger partial charge on any atom is -0.465 e.